The van der Waals surface area contributed by atoms with Gasteiger partial charge in [0.1, 0.15) is 5.56 Å². The van der Waals surface area contributed by atoms with Crippen LogP contribution in [0, 0.1) is 0 Å². The third kappa shape index (κ3) is 6.17. The van der Waals surface area contributed by atoms with Gasteiger partial charge in [0, 0.05) is 50.9 Å². The maximum Gasteiger partial charge on any atom is 0.256 e. The van der Waals surface area contributed by atoms with E-state index in [1.807, 2.05) is 36.7 Å². The Labute approximate surface area is 225 Å². The fourth-order valence-corrected chi connectivity index (χ4v) is 6.64. The zero-order chi connectivity index (χ0) is 27.3. The summed E-state index contributed by atoms with van der Waals surface area (Å²) in [6, 6.07) is 14.7. The number of fused-ring (bicyclic) bond motifs is 1. The number of carbonyl (C=O) groups excluding carboxylic acids is 1. The molecule has 1 amide bonds. The van der Waals surface area contributed by atoms with Crippen LogP contribution in [0.2, 0.25) is 0 Å². The van der Waals surface area contributed by atoms with E-state index in [9.17, 15) is 18.0 Å². The van der Waals surface area contributed by atoms with Crippen LogP contribution in [0.4, 0.5) is 0 Å². The molecule has 9 heteroatoms. The van der Waals surface area contributed by atoms with Gasteiger partial charge < -0.3 is 14.8 Å². The van der Waals surface area contributed by atoms with E-state index < -0.39 is 21.4 Å². The van der Waals surface area contributed by atoms with Crippen LogP contribution >= 0.6 is 0 Å². The van der Waals surface area contributed by atoms with Crippen molar-refractivity contribution in [3.05, 3.63) is 76.1 Å². The second-order valence-corrected chi connectivity index (χ2v) is 12.1. The largest absolute Gasteiger partial charge is 0.351 e. The van der Waals surface area contributed by atoms with Gasteiger partial charge in [0.15, 0.2) is 0 Å². The molecule has 204 valence electrons. The van der Waals surface area contributed by atoms with E-state index in [0.29, 0.717) is 25.2 Å². The number of benzene rings is 2. The highest BCUT2D eigenvalue weighted by atomic mass is 32.2. The lowest BCUT2D eigenvalue weighted by Gasteiger charge is -2.30. The number of sulfonamides is 1. The second-order valence-electron chi connectivity index (χ2n) is 10.1. The number of amides is 1. The molecule has 0 bridgehead atoms. The van der Waals surface area contributed by atoms with Crippen molar-refractivity contribution in [2.45, 2.75) is 63.1 Å². The molecule has 1 fully saturated rings. The first-order chi connectivity index (χ1) is 18.2. The van der Waals surface area contributed by atoms with E-state index in [1.54, 1.807) is 25.4 Å². The van der Waals surface area contributed by atoms with E-state index in [-0.39, 0.29) is 21.9 Å². The molecule has 38 heavy (non-hydrogen) atoms. The highest BCUT2D eigenvalue weighted by Gasteiger charge is 2.29. The summed E-state index contributed by atoms with van der Waals surface area (Å²) in [6.07, 6.45) is 6.42. The highest BCUT2D eigenvalue weighted by Crippen LogP contribution is 2.27. The second kappa shape index (κ2) is 12.2. The Balaban J connectivity index is 1.54. The van der Waals surface area contributed by atoms with E-state index in [2.05, 4.69) is 22.3 Å². The van der Waals surface area contributed by atoms with Crippen LogP contribution in [0.3, 0.4) is 0 Å². The van der Waals surface area contributed by atoms with E-state index in [0.717, 1.165) is 38.6 Å². The maximum absolute atomic E-state index is 13.4. The van der Waals surface area contributed by atoms with Crippen molar-refractivity contribution < 1.29 is 13.2 Å². The Morgan fingerprint density at radius 2 is 1.76 bits per heavy atom. The number of nitrogens with one attached hydrogen (secondary N) is 1. The maximum atomic E-state index is 13.4. The SMILES string of the molecule is CCn1cc(C(=O)NCCN(C)Cc2ccccc2)c(=O)c2cc(S(=O)(=O)N(C)C3CCCCC3)ccc21. The van der Waals surface area contributed by atoms with Crippen LogP contribution in [0.1, 0.15) is 54.9 Å². The molecule has 2 aromatic carbocycles. The average molecular weight is 539 g/mol. The average Bonchev–Trinajstić information content (AvgIpc) is 2.93. The molecule has 1 heterocycles. The minimum atomic E-state index is -3.77. The number of hydrogen-bond donors (Lipinski definition) is 1. The first-order valence-corrected chi connectivity index (χ1v) is 14.8. The van der Waals surface area contributed by atoms with Crippen molar-refractivity contribution in [3.8, 4) is 0 Å². The summed E-state index contributed by atoms with van der Waals surface area (Å²) in [6.45, 7) is 4.21. The first kappa shape index (κ1) is 28.0. The molecular weight excluding hydrogens is 500 g/mol. The van der Waals surface area contributed by atoms with Crippen LogP contribution < -0.4 is 10.7 Å². The molecule has 8 nitrogen and oxygen atoms in total. The molecular formula is C29H38N4O4S. The Kier molecular flexibility index (Phi) is 9.02. The van der Waals surface area contributed by atoms with Gasteiger partial charge >= 0.3 is 0 Å². The van der Waals surface area contributed by atoms with E-state index >= 15 is 0 Å². The number of pyridine rings is 1. The van der Waals surface area contributed by atoms with Gasteiger partial charge in [-0.1, -0.05) is 49.6 Å². The summed E-state index contributed by atoms with van der Waals surface area (Å²) in [5, 5.41) is 3.09. The normalized spacial score (nSPS) is 14.9. The van der Waals surface area contributed by atoms with Crippen LogP contribution in [-0.4, -0.2) is 61.3 Å². The molecule has 1 aliphatic carbocycles. The molecule has 0 radical (unpaired) electrons. The number of rotatable bonds is 10. The highest BCUT2D eigenvalue weighted by molar-refractivity contribution is 7.89. The monoisotopic (exact) mass is 538 g/mol. The van der Waals surface area contributed by atoms with Crippen LogP contribution in [0.25, 0.3) is 10.9 Å². The minimum Gasteiger partial charge on any atom is -0.351 e. The standard InChI is InChI=1S/C29H38N4O4S/c1-4-33-21-26(29(35)30-17-18-31(2)20-22-11-7-5-8-12-22)28(34)25-19-24(15-16-27(25)33)38(36,37)32(3)23-13-9-6-10-14-23/h5,7-8,11-12,15-16,19,21,23H,4,6,9-10,13-14,17-18,20H2,1-3H3,(H,30,35). The molecule has 4 rings (SSSR count). The van der Waals surface area contributed by atoms with Gasteiger partial charge in [0.25, 0.3) is 5.91 Å². The molecule has 0 aliphatic heterocycles. The third-order valence-electron chi connectivity index (χ3n) is 7.48. The predicted molar refractivity (Wildman–Crippen MR) is 151 cm³/mol. The lowest BCUT2D eigenvalue weighted by atomic mass is 9.96. The number of carbonyl (C=O) groups is 1. The summed E-state index contributed by atoms with van der Waals surface area (Å²) in [5.74, 6) is -0.459. The third-order valence-corrected chi connectivity index (χ3v) is 9.38. The summed E-state index contributed by atoms with van der Waals surface area (Å²) < 4.78 is 30.1. The molecule has 1 saturated carbocycles. The van der Waals surface area contributed by atoms with E-state index in [1.165, 1.54) is 15.9 Å². The van der Waals surface area contributed by atoms with Crippen molar-refractivity contribution >= 4 is 26.8 Å². The summed E-state index contributed by atoms with van der Waals surface area (Å²) in [4.78, 5) is 28.7. The van der Waals surface area contributed by atoms with Crippen molar-refractivity contribution in [1.29, 1.82) is 0 Å². The lowest BCUT2D eigenvalue weighted by molar-refractivity contribution is 0.0948. The number of aromatic nitrogens is 1. The molecule has 1 aliphatic rings. The van der Waals surface area contributed by atoms with Crippen LogP contribution in [0.5, 0.6) is 0 Å². The van der Waals surface area contributed by atoms with Crippen molar-refractivity contribution in [3.63, 3.8) is 0 Å². The smallest absolute Gasteiger partial charge is 0.256 e. The van der Waals surface area contributed by atoms with Gasteiger partial charge in [-0.05, 0) is 50.6 Å². The number of nitrogens with zero attached hydrogens (tertiary/aromatic N) is 3. The molecule has 0 spiro atoms. The Morgan fingerprint density at radius 3 is 2.45 bits per heavy atom. The van der Waals surface area contributed by atoms with E-state index in [4.69, 9.17) is 0 Å². The van der Waals surface area contributed by atoms with Gasteiger partial charge in [-0.3, -0.25) is 9.59 Å². The molecule has 1 N–H and O–H groups in total. The summed E-state index contributed by atoms with van der Waals surface area (Å²) in [7, 11) is -0.169. The molecule has 0 unspecified atom stereocenters. The fourth-order valence-electron chi connectivity index (χ4n) is 5.20. The number of likely N-dealkylation sites (N-methyl/N-ethyl adjacent to an activating group) is 1. The topological polar surface area (TPSA) is 91.7 Å². The molecule has 3 aromatic rings. The molecule has 1 aromatic heterocycles. The summed E-state index contributed by atoms with van der Waals surface area (Å²) in [5.41, 5.74) is 1.34. The lowest BCUT2D eigenvalue weighted by Crippen LogP contribution is -2.38. The van der Waals surface area contributed by atoms with Gasteiger partial charge in [-0.15, -0.1) is 0 Å². The van der Waals surface area contributed by atoms with Gasteiger partial charge in [0.05, 0.1) is 10.4 Å². The zero-order valence-corrected chi connectivity index (χ0v) is 23.3. The van der Waals surface area contributed by atoms with Crippen molar-refractivity contribution in [2.24, 2.45) is 0 Å². The van der Waals surface area contributed by atoms with Gasteiger partial charge in [0.2, 0.25) is 15.5 Å². The molecule has 0 saturated heterocycles. The van der Waals surface area contributed by atoms with Crippen LogP contribution in [-0.2, 0) is 23.1 Å². The minimum absolute atomic E-state index is 0.0141. The van der Waals surface area contributed by atoms with Gasteiger partial charge in [-0.2, -0.15) is 4.31 Å². The number of aryl methyl sites for hydroxylation is 1. The Bertz CT molecular complexity index is 1430. The van der Waals surface area contributed by atoms with Crippen LogP contribution in [0.15, 0.2) is 64.4 Å². The first-order valence-electron chi connectivity index (χ1n) is 13.4. The predicted octanol–water partition coefficient (Wildman–Crippen LogP) is 3.84. The number of hydrogen-bond acceptors (Lipinski definition) is 5. The van der Waals surface area contributed by atoms with Crippen molar-refractivity contribution in [2.75, 3.05) is 27.2 Å². The zero-order valence-electron chi connectivity index (χ0n) is 22.5. The Morgan fingerprint density at radius 1 is 1.05 bits per heavy atom. The van der Waals surface area contributed by atoms with Crippen molar-refractivity contribution in [1.82, 2.24) is 19.1 Å². The summed E-state index contributed by atoms with van der Waals surface area (Å²) >= 11 is 0. The van der Waals surface area contributed by atoms with Gasteiger partial charge in [-0.25, -0.2) is 8.42 Å². The quantitative estimate of drug-likeness (QED) is 0.424. The Hall–Kier alpha value is -3.01. The fraction of sp³-hybridized carbons (Fsp3) is 0.448. The molecule has 0 atom stereocenters.